The fourth-order valence-corrected chi connectivity index (χ4v) is 2.58. The normalized spacial score (nSPS) is 12.7. The van der Waals surface area contributed by atoms with Crippen molar-refractivity contribution in [2.75, 3.05) is 0 Å². The Morgan fingerprint density at radius 3 is 2.33 bits per heavy atom. The van der Waals surface area contributed by atoms with Gasteiger partial charge in [0.1, 0.15) is 5.82 Å². The molecule has 1 aromatic carbocycles. The van der Waals surface area contributed by atoms with Gasteiger partial charge in [0.25, 0.3) is 0 Å². The van der Waals surface area contributed by atoms with Gasteiger partial charge in [-0.25, -0.2) is 4.98 Å². The fraction of sp³-hybridized carbons (Fsp3) is 0.400. The third kappa shape index (κ3) is 2.46. The largest absolute Gasteiger partial charge is 0.337 e. The predicted octanol–water partition coefficient (Wildman–Crippen LogP) is 2.59. The topological polar surface area (TPSA) is 43.8 Å². The SMILES string of the molecule is Cc1cc(C)c(CC(N)c2nccn2C)c(C)c1. The standard InChI is InChI=1S/C15H21N3/c1-10-7-11(2)13(12(3)8-10)9-14(16)15-17-5-6-18(15)4/h5-8,14H,9,16H2,1-4H3. The molecule has 1 atom stereocenters. The van der Waals surface area contributed by atoms with Gasteiger partial charge in [0.2, 0.25) is 0 Å². The summed E-state index contributed by atoms with van der Waals surface area (Å²) in [6.45, 7) is 6.43. The van der Waals surface area contributed by atoms with E-state index in [1.165, 1.54) is 22.3 Å². The van der Waals surface area contributed by atoms with Crippen LogP contribution < -0.4 is 5.73 Å². The van der Waals surface area contributed by atoms with Crippen molar-refractivity contribution >= 4 is 0 Å². The quantitative estimate of drug-likeness (QED) is 0.900. The minimum Gasteiger partial charge on any atom is -0.337 e. The highest BCUT2D eigenvalue weighted by atomic mass is 15.1. The predicted molar refractivity (Wildman–Crippen MR) is 74.5 cm³/mol. The molecule has 0 spiro atoms. The first-order valence-electron chi connectivity index (χ1n) is 6.28. The van der Waals surface area contributed by atoms with Gasteiger partial charge >= 0.3 is 0 Å². The molecule has 0 aliphatic rings. The maximum Gasteiger partial charge on any atom is 0.125 e. The van der Waals surface area contributed by atoms with E-state index in [1.807, 2.05) is 17.8 Å². The highest BCUT2D eigenvalue weighted by molar-refractivity contribution is 5.38. The molecule has 0 saturated carbocycles. The van der Waals surface area contributed by atoms with Crippen molar-refractivity contribution in [3.8, 4) is 0 Å². The minimum atomic E-state index is -0.0508. The molecule has 0 amide bonds. The van der Waals surface area contributed by atoms with E-state index in [0.29, 0.717) is 0 Å². The molecule has 3 nitrogen and oxygen atoms in total. The Labute approximate surface area is 109 Å². The van der Waals surface area contributed by atoms with Gasteiger partial charge in [-0.05, 0) is 43.9 Å². The Morgan fingerprint density at radius 2 is 1.83 bits per heavy atom. The molecule has 1 aromatic heterocycles. The number of hydrogen-bond donors (Lipinski definition) is 1. The number of benzene rings is 1. The van der Waals surface area contributed by atoms with Gasteiger partial charge in [-0.1, -0.05) is 17.7 Å². The van der Waals surface area contributed by atoms with Crippen LogP contribution >= 0.6 is 0 Å². The van der Waals surface area contributed by atoms with Crippen LogP contribution in [-0.2, 0) is 13.5 Å². The lowest BCUT2D eigenvalue weighted by Gasteiger charge is -2.16. The number of aryl methyl sites for hydroxylation is 4. The summed E-state index contributed by atoms with van der Waals surface area (Å²) in [6.07, 6.45) is 4.57. The lowest BCUT2D eigenvalue weighted by atomic mass is 9.94. The molecule has 1 heterocycles. The van der Waals surface area contributed by atoms with Gasteiger partial charge in [-0.3, -0.25) is 0 Å². The molecule has 2 aromatic rings. The van der Waals surface area contributed by atoms with Crippen LogP contribution in [0.5, 0.6) is 0 Å². The number of hydrogen-bond acceptors (Lipinski definition) is 2. The summed E-state index contributed by atoms with van der Waals surface area (Å²) >= 11 is 0. The molecule has 0 bridgehead atoms. The average Bonchev–Trinajstić information content (AvgIpc) is 2.69. The average molecular weight is 243 g/mol. The Kier molecular flexibility index (Phi) is 3.53. The van der Waals surface area contributed by atoms with Crippen LogP contribution in [0.2, 0.25) is 0 Å². The molecule has 2 rings (SSSR count). The molecular formula is C15H21N3. The Morgan fingerprint density at radius 1 is 1.22 bits per heavy atom. The molecule has 0 aliphatic heterocycles. The van der Waals surface area contributed by atoms with E-state index < -0.39 is 0 Å². The van der Waals surface area contributed by atoms with Crippen LogP contribution in [0.25, 0.3) is 0 Å². The van der Waals surface area contributed by atoms with E-state index in [1.54, 1.807) is 6.20 Å². The summed E-state index contributed by atoms with van der Waals surface area (Å²) < 4.78 is 1.99. The molecule has 2 N–H and O–H groups in total. The van der Waals surface area contributed by atoms with Crippen LogP contribution in [0.3, 0.4) is 0 Å². The van der Waals surface area contributed by atoms with E-state index in [4.69, 9.17) is 5.73 Å². The van der Waals surface area contributed by atoms with Crippen LogP contribution in [0.4, 0.5) is 0 Å². The smallest absolute Gasteiger partial charge is 0.125 e. The zero-order valence-electron chi connectivity index (χ0n) is 11.6. The third-order valence-electron chi connectivity index (χ3n) is 3.45. The summed E-state index contributed by atoms with van der Waals surface area (Å²) in [6, 6.07) is 4.38. The lowest BCUT2D eigenvalue weighted by molar-refractivity contribution is 0.629. The van der Waals surface area contributed by atoms with Crippen LogP contribution in [0.15, 0.2) is 24.5 Å². The van der Waals surface area contributed by atoms with Gasteiger partial charge in [0.15, 0.2) is 0 Å². The number of nitrogens with zero attached hydrogens (tertiary/aromatic N) is 2. The zero-order chi connectivity index (χ0) is 13.3. The Hall–Kier alpha value is -1.61. The first-order chi connectivity index (χ1) is 8.49. The van der Waals surface area contributed by atoms with Gasteiger partial charge in [0, 0.05) is 19.4 Å². The van der Waals surface area contributed by atoms with Crippen molar-refractivity contribution in [3.63, 3.8) is 0 Å². The second-order valence-electron chi connectivity index (χ2n) is 5.08. The second-order valence-corrected chi connectivity index (χ2v) is 5.08. The number of rotatable bonds is 3. The maximum absolute atomic E-state index is 6.26. The molecule has 0 aliphatic carbocycles. The van der Waals surface area contributed by atoms with E-state index in [0.717, 1.165) is 12.2 Å². The highest BCUT2D eigenvalue weighted by Crippen LogP contribution is 2.21. The first-order valence-corrected chi connectivity index (χ1v) is 6.28. The van der Waals surface area contributed by atoms with Crippen molar-refractivity contribution in [2.24, 2.45) is 12.8 Å². The fourth-order valence-electron chi connectivity index (χ4n) is 2.58. The molecule has 1 unspecified atom stereocenters. The summed E-state index contributed by atoms with van der Waals surface area (Å²) in [5.74, 6) is 0.939. The number of nitrogens with two attached hydrogens (primary N) is 1. The molecular weight excluding hydrogens is 222 g/mol. The van der Waals surface area contributed by atoms with Crippen molar-refractivity contribution < 1.29 is 0 Å². The first kappa shape index (κ1) is 12.8. The van der Waals surface area contributed by atoms with Gasteiger partial charge in [0.05, 0.1) is 6.04 Å². The van der Waals surface area contributed by atoms with Crippen LogP contribution in [0, 0.1) is 20.8 Å². The van der Waals surface area contributed by atoms with Crippen LogP contribution in [0.1, 0.15) is 34.1 Å². The number of aromatic nitrogens is 2. The summed E-state index contributed by atoms with van der Waals surface area (Å²) in [5.41, 5.74) is 11.5. The van der Waals surface area contributed by atoms with E-state index in [-0.39, 0.29) is 6.04 Å². The zero-order valence-corrected chi connectivity index (χ0v) is 11.6. The van der Waals surface area contributed by atoms with Crippen LogP contribution in [-0.4, -0.2) is 9.55 Å². The van der Waals surface area contributed by atoms with Gasteiger partial charge < -0.3 is 10.3 Å². The summed E-state index contributed by atoms with van der Waals surface area (Å²) in [4.78, 5) is 4.33. The van der Waals surface area contributed by atoms with Crippen molar-refractivity contribution in [2.45, 2.75) is 33.2 Å². The summed E-state index contributed by atoms with van der Waals surface area (Å²) in [7, 11) is 1.98. The lowest BCUT2D eigenvalue weighted by Crippen LogP contribution is -2.18. The number of imidazole rings is 1. The molecule has 18 heavy (non-hydrogen) atoms. The van der Waals surface area contributed by atoms with E-state index in [9.17, 15) is 0 Å². The van der Waals surface area contributed by atoms with E-state index >= 15 is 0 Å². The van der Waals surface area contributed by atoms with Crippen molar-refractivity contribution in [1.82, 2.24) is 9.55 Å². The molecule has 0 saturated heterocycles. The second kappa shape index (κ2) is 4.94. The highest BCUT2D eigenvalue weighted by Gasteiger charge is 2.14. The van der Waals surface area contributed by atoms with Crippen molar-refractivity contribution in [1.29, 1.82) is 0 Å². The summed E-state index contributed by atoms with van der Waals surface area (Å²) in [5, 5.41) is 0. The molecule has 0 radical (unpaired) electrons. The van der Waals surface area contributed by atoms with Gasteiger partial charge in [-0.15, -0.1) is 0 Å². The Bertz CT molecular complexity index is 532. The van der Waals surface area contributed by atoms with E-state index in [2.05, 4.69) is 37.9 Å². The van der Waals surface area contributed by atoms with Crippen molar-refractivity contribution in [3.05, 3.63) is 52.6 Å². The molecule has 96 valence electrons. The molecule has 3 heteroatoms. The maximum atomic E-state index is 6.26. The monoisotopic (exact) mass is 243 g/mol. The Balaban J connectivity index is 2.27. The van der Waals surface area contributed by atoms with Gasteiger partial charge in [-0.2, -0.15) is 0 Å². The molecule has 0 fully saturated rings. The third-order valence-corrected chi connectivity index (χ3v) is 3.45. The minimum absolute atomic E-state index is 0.0508.